The van der Waals surface area contributed by atoms with E-state index in [1.54, 1.807) is 6.07 Å². The molecule has 0 fully saturated rings. The molecule has 5 nitrogen and oxygen atoms in total. The van der Waals surface area contributed by atoms with E-state index < -0.39 is 11.8 Å². The van der Waals surface area contributed by atoms with Gasteiger partial charge in [0.1, 0.15) is 11.5 Å². The normalized spacial score (nSPS) is 11.0. The number of ketones is 1. The highest BCUT2D eigenvalue weighted by Crippen LogP contribution is 2.27. The largest absolute Gasteiger partial charge is 0.507 e. The molecule has 102 valence electrons. The monoisotopic (exact) mass is 284 g/mol. The molecule has 0 aliphatic heterocycles. The van der Waals surface area contributed by atoms with Crippen LogP contribution in [0, 0.1) is 0 Å². The molecule has 19 heavy (non-hydrogen) atoms. The molecule has 0 spiro atoms. The topological polar surface area (TPSA) is 72.8 Å². The third kappa shape index (κ3) is 3.99. The first-order valence-corrected chi connectivity index (χ1v) is 5.83. The van der Waals surface area contributed by atoms with Gasteiger partial charge in [0.2, 0.25) is 0 Å². The maximum Gasteiger partial charge on any atom is 0.378 e. The van der Waals surface area contributed by atoms with Gasteiger partial charge in [-0.3, -0.25) is 4.79 Å². The molecule has 0 bridgehead atoms. The number of benzene rings is 1. The van der Waals surface area contributed by atoms with Gasteiger partial charge in [0.15, 0.2) is 0 Å². The van der Waals surface area contributed by atoms with E-state index in [0.717, 1.165) is 13.2 Å². The number of carbonyl (C=O) groups is 2. The molecule has 0 atom stereocenters. The van der Waals surface area contributed by atoms with Crippen LogP contribution in [0.1, 0.15) is 12.5 Å². The van der Waals surface area contributed by atoms with Crippen molar-refractivity contribution in [2.24, 2.45) is 0 Å². The lowest BCUT2D eigenvalue weighted by molar-refractivity contribution is -0.149. The zero-order valence-electron chi connectivity index (χ0n) is 10.5. The van der Waals surface area contributed by atoms with E-state index in [0.29, 0.717) is 22.9 Å². The Hall–Kier alpha value is -2.01. The van der Waals surface area contributed by atoms with Gasteiger partial charge in [-0.05, 0) is 25.1 Å². The fourth-order valence-corrected chi connectivity index (χ4v) is 1.53. The molecule has 0 saturated heterocycles. The van der Waals surface area contributed by atoms with E-state index in [-0.39, 0.29) is 5.76 Å². The van der Waals surface area contributed by atoms with Gasteiger partial charge in [0.25, 0.3) is 5.78 Å². The fraction of sp³-hybridized carbons (Fsp3) is 0.231. The van der Waals surface area contributed by atoms with Crippen molar-refractivity contribution in [3.63, 3.8) is 0 Å². The summed E-state index contributed by atoms with van der Waals surface area (Å²) in [5, 5.41) is 10.0. The van der Waals surface area contributed by atoms with Crippen molar-refractivity contribution >= 4 is 29.1 Å². The quantitative estimate of drug-likeness (QED) is 0.389. The Kier molecular flexibility index (Phi) is 5.38. The zero-order valence-corrected chi connectivity index (χ0v) is 11.2. The minimum absolute atomic E-state index is 0.296. The highest BCUT2D eigenvalue weighted by molar-refractivity contribution is 6.39. The van der Waals surface area contributed by atoms with Gasteiger partial charge in [0.05, 0.1) is 18.7 Å². The van der Waals surface area contributed by atoms with Gasteiger partial charge in [-0.25, -0.2) is 4.79 Å². The Labute approximate surface area is 115 Å². The van der Waals surface area contributed by atoms with Crippen molar-refractivity contribution in [2.75, 3.05) is 13.7 Å². The number of methoxy groups -OCH3 is 1. The number of ether oxygens (including phenoxy) is 2. The van der Waals surface area contributed by atoms with Gasteiger partial charge < -0.3 is 14.6 Å². The molecular weight excluding hydrogens is 272 g/mol. The van der Waals surface area contributed by atoms with Crippen molar-refractivity contribution in [1.82, 2.24) is 0 Å². The Morgan fingerprint density at radius 2 is 2.11 bits per heavy atom. The maximum absolute atomic E-state index is 11.2. The van der Waals surface area contributed by atoms with Crippen LogP contribution in [0.3, 0.4) is 0 Å². The van der Waals surface area contributed by atoms with Crippen molar-refractivity contribution in [2.45, 2.75) is 6.92 Å². The first-order valence-electron chi connectivity index (χ1n) is 5.45. The molecule has 0 aliphatic rings. The molecule has 0 saturated carbocycles. The van der Waals surface area contributed by atoms with Crippen LogP contribution in [-0.2, 0) is 14.3 Å². The summed E-state index contributed by atoms with van der Waals surface area (Å²) >= 11 is 5.94. The van der Waals surface area contributed by atoms with Gasteiger partial charge >= 0.3 is 5.97 Å². The van der Waals surface area contributed by atoms with Crippen molar-refractivity contribution in [3.05, 3.63) is 34.9 Å². The lowest BCUT2D eigenvalue weighted by atomic mass is 10.1. The van der Waals surface area contributed by atoms with Crippen LogP contribution in [0.25, 0.3) is 5.76 Å². The Bertz CT molecular complexity index is 522. The maximum atomic E-state index is 11.2. The van der Waals surface area contributed by atoms with E-state index in [9.17, 15) is 14.7 Å². The lowest BCUT2D eigenvalue weighted by Gasteiger charge is -2.07. The highest BCUT2D eigenvalue weighted by Gasteiger charge is 2.13. The van der Waals surface area contributed by atoms with Crippen molar-refractivity contribution < 1.29 is 24.2 Å². The summed E-state index contributed by atoms with van der Waals surface area (Å²) in [6, 6.07) is 4.52. The number of rotatable bonds is 5. The fourth-order valence-electron chi connectivity index (χ4n) is 1.30. The second kappa shape index (κ2) is 6.80. The average Bonchev–Trinajstić information content (AvgIpc) is 2.40. The molecule has 0 radical (unpaired) electrons. The molecule has 1 rings (SSSR count). The summed E-state index contributed by atoms with van der Waals surface area (Å²) in [7, 11) is 1.08. The first kappa shape index (κ1) is 15.0. The Balaban J connectivity index is 2.97. The summed E-state index contributed by atoms with van der Waals surface area (Å²) < 4.78 is 9.47. The number of hydrogen-bond donors (Lipinski definition) is 1. The summed E-state index contributed by atoms with van der Waals surface area (Å²) in [5.74, 6) is -1.91. The second-order valence-electron chi connectivity index (χ2n) is 3.46. The van der Waals surface area contributed by atoms with Crippen LogP contribution in [0.5, 0.6) is 5.75 Å². The van der Waals surface area contributed by atoms with Crippen LogP contribution in [0.2, 0.25) is 5.02 Å². The number of halogens is 1. The van der Waals surface area contributed by atoms with Gasteiger partial charge in [-0.1, -0.05) is 11.6 Å². The van der Waals surface area contributed by atoms with Crippen LogP contribution in [0.15, 0.2) is 24.3 Å². The first-order chi connectivity index (χ1) is 8.99. The van der Waals surface area contributed by atoms with Crippen LogP contribution in [0.4, 0.5) is 0 Å². The number of aliphatic hydroxyl groups is 1. The van der Waals surface area contributed by atoms with E-state index in [1.165, 1.54) is 12.1 Å². The zero-order chi connectivity index (χ0) is 14.4. The molecule has 1 N–H and O–H groups in total. The Morgan fingerprint density at radius 3 is 2.63 bits per heavy atom. The predicted octanol–water partition coefficient (Wildman–Crippen LogP) is 2.38. The predicted molar refractivity (Wildman–Crippen MR) is 70.2 cm³/mol. The molecule has 0 unspecified atom stereocenters. The molecule has 0 aliphatic carbocycles. The summed E-state index contributed by atoms with van der Waals surface area (Å²) in [6.45, 7) is 2.28. The van der Waals surface area contributed by atoms with Crippen LogP contribution in [-0.4, -0.2) is 30.6 Å². The number of hydrogen-bond acceptors (Lipinski definition) is 5. The standard InChI is InChI=1S/C13H13ClO5/c1-3-19-12-5-4-8(6-9(12)14)10(15)7-11(16)13(17)18-2/h4-7,15H,3H2,1-2H3/b10-7-. The highest BCUT2D eigenvalue weighted by atomic mass is 35.5. The van der Waals surface area contributed by atoms with Gasteiger partial charge in [-0.2, -0.15) is 0 Å². The molecular formula is C13H13ClO5. The van der Waals surface area contributed by atoms with Crippen molar-refractivity contribution in [1.29, 1.82) is 0 Å². The van der Waals surface area contributed by atoms with Crippen molar-refractivity contribution in [3.8, 4) is 5.75 Å². The van der Waals surface area contributed by atoms with E-state index in [4.69, 9.17) is 16.3 Å². The van der Waals surface area contributed by atoms with E-state index in [1.807, 2.05) is 6.92 Å². The molecule has 0 heterocycles. The van der Waals surface area contributed by atoms with Gasteiger partial charge in [0, 0.05) is 11.6 Å². The number of aliphatic hydroxyl groups excluding tert-OH is 1. The second-order valence-corrected chi connectivity index (χ2v) is 3.87. The van der Waals surface area contributed by atoms with E-state index in [2.05, 4.69) is 4.74 Å². The van der Waals surface area contributed by atoms with Crippen LogP contribution >= 0.6 is 11.6 Å². The molecule has 1 aromatic rings. The Morgan fingerprint density at radius 1 is 1.42 bits per heavy atom. The number of carbonyl (C=O) groups excluding carboxylic acids is 2. The summed E-state index contributed by atoms with van der Waals surface area (Å²) in [4.78, 5) is 22.2. The van der Waals surface area contributed by atoms with Gasteiger partial charge in [-0.15, -0.1) is 0 Å². The minimum Gasteiger partial charge on any atom is -0.507 e. The lowest BCUT2D eigenvalue weighted by Crippen LogP contribution is -2.13. The number of esters is 1. The minimum atomic E-state index is -1.05. The molecule has 1 aromatic carbocycles. The molecule has 0 amide bonds. The molecule has 0 aromatic heterocycles. The van der Waals surface area contributed by atoms with Crippen LogP contribution < -0.4 is 4.74 Å². The average molecular weight is 285 g/mol. The van der Waals surface area contributed by atoms with E-state index >= 15 is 0 Å². The smallest absolute Gasteiger partial charge is 0.378 e. The SMILES string of the molecule is CCOc1ccc(/C(O)=C/C(=O)C(=O)OC)cc1Cl. The summed E-state index contributed by atoms with van der Waals surface area (Å²) in [5.41, 5.74) is 0.297. The molecule has 6 heteroatoms. The third-order valence-corrected chi connectivity index (χ3v) is 2.48. The summed E-state index contributed by atoms with van der Waals surface area (Å²) in [6.07, 6.45) is 0.776. The third-order valence-electron chi connectivity index (χ3n) is 2.18.